The molecule has 1 N–H and O–H groups in total. The summed E-state index contributed by atoms with van der Waals surface area (Å²) in [5, 5.41) is 11.3. The molecule has 0 aromatic heterocycles. The highest BCUT2D eigenvalue weighted by Gasteiger charge is 2.45. The Bertz CT molecular complexity index is 1070. The lowest BCUT2D eigenvalue weighted by Gasteiger charge is -2.26. The Kier molecular flexibility index (Phi) is 7.25. The van der Waals surface area contributed by atoms with Crippen LogP contribution in [0.25, 0.3) is 5.76 Å². The van der Waals surface area contributed by atoms with Gasteiger partial charge in [-0.05, 0) is 54.7 Å². The monoisotopic (exact) mass is 453 g/mol. The van der Waals surface area contributed by atoms with E-state index < -0.39 is 23.5 Å². The van der Waals surface area contributed by atoms with Crippen molar-refractivity contribution in [2.75, 3.05) is 13.2 Å². The summed E-state index contributed by atoms with van der Waals surface area (Å²) in [6.45, 7) is 10.9. The molecule has 1 amide bonds. The Labute approximate surface area is 194 Å². The van der Waals surface area contributed by atoms with Crippen molar-refractivity contribution in [1.29, 1.82) is 0 Å². The molecule has 0 radical (unpaired) electrons. The number of unbranched alkanes of at least 4 members (excludes halogenated alkanes) is 1. The standard InChI is InChI=1S/C27H32FNO4/c1-6-8-15-29-23(17-9-12-19(28)13-10-17)22(25(31)26(29)32)24(30)18-11-14-21(33-7-2)20(16-18)27(3,4)5/h9-14,16,23,30H,6-8,15H2,1-5H3/b24-22-. The summed E-state index contributed by atoms with van der Waals surface area (Å²) in [6, 6.07) is 10.2. The van der Waals surface area contributed by atoms with Gasteiger partial charge in [-0.25, -0.2) is 4.39 Å². The fraction of sp³-hybridized carbons (Fsp3) is 0.407. The molecule has 1 atom stereocenters. The van der Waals surface area contributed by atoms with Crippen molar-refractivity contribution in [3.8, 4) is 5.75 Å². The van der Waals surface area contributed by atoms with Crippen LogP contribution in [-0.4, -0.2) is 34.8 Å². The molecule has 176 valence electrons. The van der Waals surface area contributed by atoms with Crippen molar-refractivity contribution in [3.63, 3.8) is 0 Å². The topological polar surface area (TPSA) is 66.8 Å². The molecule has 2 aromatic carbocycles. The van der Waals surface area contributed by atoms with Crippen molar-refractivity contribution in [1.82, 2.24) is 4.90 Å². The van der Waals surface area contributed by atoms with Crippen LogP contribution in [0.4, 0.5) is 4.39 Å². The second kappa shape index (κ2) is 9.77. The third-order valence-corrected chi connectivity index (χ3v) is 5.84. The first-order chi connectivity index (χ1) is 15.6. The van der Waals surface area contributed by atoms with E-state index in [9.17, 15) is 19.1 Å². The van der Waals surface area contributed by atoms with E-state index in [-0.39, 0.29) is 16.7 Å². The number of benzene rings is 2. The van der Waals surface area contributed by atoms with Crippen molar-refractivity contribution in [3.05, 3.63) is 70.5 Å². The largest absolute Gasteiger partial charge is 0.507 e. The minimum absolute atomic E-state index is 0.0201. The van der Waals surface area contributed by atoms with Gasteiger partial charge in [-0.3, -0.25) is 9.59 Å². The second-order valence-corrected chi connectivity index (χ2v) is 9.29. The number of aliphatic hydroxyl groups excluding tert-OH is 1. The van der Waals surface area contributed by atoms with Gasteiger partial charge in [0.25, 0.3) is 11.7 Å². The van der Waals surface area contributed by atoms with Crippen molar-refractivity contribution in [2.24, 2.45) is 0 Å². The smallest absolute Gasteiger partial charge is 0.295 e. The van der Waals surface area contributed by atoms with E-state index in [1.165, 1.54) is 17.0 Å². The highest BCUT2D eigenvalue weighted by Crippen LogP contribution is 2.41. The lowest BCUT2D eigenvalue weighted by atomic mass is 9.84. The van der Waals surface area contributed by atoms with Gasteiger partial charge in [0.15, 0.2) is 0 Å². The van der Waals surface area contributed by atoms with Gasteiger partial charge in [0.2, 0.25) is 0 Å². The number of rotatable bonds is 7. The van der Waals surface area contributed by atoms with Gasteiger partial charge in [0.1, 0.15) is 17.3 Å². The van der Waals surface area contributed by atoms with Crippen LogP contribution < -0.4 is 4.74 Å². The Morgan fingerprint density at radius 2 is 1.76 bits per heavy atom. The molecule has 33 heavy (non-hydrogen) atoms. The maximum absolute atomic E-state index is 13.6. The van der Waals surface area contributed by atoms with E-state index in [1.807, 2.05) is 40.7 Å². The fourth-order valence-corrected chi connectivity index (χ4v) is 4.13. The van der Waals surface area contributed by atoms with E-state index >= 15 is 0 Å². The summed E-state index contributed by atoms with van der Waals surface area (Å²) in [5.41, 5.74) is 1.64. The molecular weight excluding hydrogens is 421 g/mol. The average molecular weight is 454 g/mol. The minimum atomic E-state index is -0.776. The molecule has 5 nitrogen and oxygen atoms in total. The number of amides is 1. The van der Waals surface area contributed by atoms with Crippen LogP contribution in [0, 0.1) is 5.82 Å². The number of Topliss-reactive ketones (excluding diaryl/α,β-unsaturated/α-hetero) is 1. The minimum Gasteiger partial charge on any atom is -0.507 e. The van der Waals surface area contributed by atoms with E-state index in [2.05, 4.69) is 0 Å². The van der Waals surface area contributed by atoms with Gasteiger partial charge < -0.3 is 14.7 Å². The number of hydrogen-bond donors (Lipinski definition) is 1. The summed E-state index contributed by atoms with van der Waals surface area (Å²) < 4.78 is 19.3. The molecule has 3 rings (SSSR count). The molecule has 1 saturated heterocycles. The molecule has 0 spiro atoms. The first kappa shape index (κ1) is 24.5. The van der Waals surface area contributed by atoms with Crippen molar-refractivity contribution in [2.45, 2.75) is 58.9 Å². The summed E-state index contributed by atoms with van der Waals surface area (Å²) in [4.78, 5) is 27.5. The first-order valence-corrected chi connectivity index (χ1v) is 11.4. The van der Waals surface area contributed by atoms with Crippen LogP contribution in [0.15, 0.2) is 48.0 Å². The third kappa shape index (κ3) is 4.95. The van der Waals surface area contributed by atoms with Gasteiger partial charge in [0.05, 0.1) is 18.2 Å². The Morgan fingerprint density at radius 1 is 1.09 bits per heavy atom. The molecule has 2 aromatic rings. The van der Waals surface area contributed by atoms with Crippen LogP contribution in [0.2, 0.25) is 0 Å². The second-order valence-electron chi connectivity index (χ2n) is 9.29. The third-order valence-electron chi connectivity index (χ3n) is 5.84. The summed E-state index contributed by atoms with van der Waals surface area (Å²) in [7, 11) is 0. The molecule has 0 aliphatic carbocycles. The predicted molar refractivity (Wildman–Crippen MR) is 127 cm³/mol. The zero-order chi connectivity index (χ0) is 24.3. The van der Waals surface area contributed by atoms with Crippen LogP contribution in [0.1, 0.15) is 70.2 Å². The number of hydrogen-bond acceptors (Lipinski definition) is 4. The van der Waals surface area contributed by atoms with Crippen LogP contribution >= 0.6 is 0 Å². The van der Waals surface area contributed by atoms with E-state index in [0.29, 0.717) is 36.4 Å². The van der Waals surface area contributed by atoms with Gasteiger partial charge in [-0.1, -0.05) is 46.2 Å². The molecule has 1 aliphatic heterocycles. The summed E-state index contributed by atoms with van der Waals surface area (Å²) >= 11 is 0. The molecular formula is C27H32FNO4. The zero-order valence-corrected chi connectivity index (χ0v) is 19.9. The average Bonchev–Trinajstić information content (AvgIpc) is 3.02. The first-order valence-electron chi connectivity index (χ1n) is 11.4. The number of halogens is 1. The highest BCUT2D eigenvalue weighted by atomic mass is 19.1. The molecule has 1 aliphatic rings. The van der Waals surface area contributed by atoms with Gasteiger partial charge in [-0.15, -0.1) is 0 Å². The molecule has 6 heteroatoms. The lowest BCUT2D eigenvalue weighted by Crippen LogP contribution is -2.30. The summed E-state index contributed by atoms with van der Waals surface area (Å²) in [5.74, 6) is -1.33. The van der Waals surface area contributed by atoms with Crippen LogP contribution in [0.5, 0.6) is 5.75 Å². The number of aliphatic hydroxyl groups is 1. The quantitative estimate of drug-likeness (QED) is 0.330. The highest BCUT2D eigenvalue weighted by molar-refractivity contribution is 6.46. The fourth-order valence-electron chi connectivity index (χ4n) is 4.13. The van der Waals surface area contributed by atoms with E-state index in [0.717, 1.165) is 12.0 Å². The number of carbonyl (C=O) groups excluding carboxylic acids is 2. The summed E-state index contributed by atoms with van der Waals surface area (Å²) in [6.07, 6.45) is 1.55. The number of ketones is 1. The molecule has 0 bridgehead atoms. The number of ether oxygens (including phenoxy) is 1. The molecule has 1 heterocycles. The van der Waals surface area contributed by atoms with E-state index in [4.69, 9.17) is 4.74 Å². The Hall–Kier alpha value is -3.15. The van der Waals surface area contributed by atoms with Crippen LogP contribution in [-0.2, 0) is 15.0 Å². The normalized spacial score (nSPS) is 18.1. The van der Waals surface area contributed by atoms with Gasteiger partial charge in [0, 0.05) is 17.7 Å². The van der Waals surface area contributed by atoms with Gasteiger partial charge in [-0.2, -0.15) is 0 Å². The van der Waals surface area contributed by atoms with Gasteiger partial charge >= 0.3 is 0 Å². The van der Waals surface area contributed by atoms with Crippen molar-refractivity contribution < 1.29 is 23.8 Å². The molecule has 1 unspecified atom stereocenters. The molecule has 1 fully saturated rings. The van der Waals surface area contributed by atoms with E-state index in [1.54, 1.807) is 24.3 Å². The number of carbonyl (C=O) groups is 2. The lowest BCUT2D eigenvalue weighted by molar-refractivity contribution is -0.139. The maximum Gasteiger partial charge on any atom is 0.295 e. The SMILES string of the molecule is CCCCN1C(=O)C(=O)/C(=C(\O)c2ccc(OCC)c(C(C)(C)C)c2)C1c1ccc(F)cc1. The Balaban J connectivity index is 2.19. The number of likely N-dealkylation sites (tertiary alicyclic amines) is 1. The van der Waals surface area contributed by atoms with Crippen LogP contribution in [0.3, 0.4) is 0 Å². The maximum atomic E-state index is 13.6. The molecule has 0 saturated carbocycles. The zero-order valence-electron chi connectivity index (χ0n) is 19.9. The van der Waals surface area contributed by atoms with Crippen molar-refractivity contribution >= 4 is 17.4 Å². The Morgan fingerprint density at radius 3 is 2.33 bits per heavy atom. The number of nitrogens with zero attached hydrogens (tertiary/aromatic N) is 1. The predicted octanol–water partition coefficient (Wildman–Crippen LogP) is 5.74.